The second-order valence-corrected chi connectivity index (χ2v) is 6.18. The Bertz CT molecular complexity index is 592. The summed E-state index contributed by atoms with van der Waals surface area (Å²) in [4.78, 5) is 18.1. The molecule has 2 fully saturated rings. The normalized spacial score (nSPS) is 28.2. The first-order valence-electron chi connectivity index (χ1n) is 7.31. The van der Waals surface area contributed by atoms with Gasteiger partial charge in [-0.05, 0) is 19.8 Å². The largest absolute Gasteiger partial charge is 0.383 e. The number of hydrogen-bond donors (Lipinski definition) is 2. The molecule has 3 rings (SSSR count). The molecule has 3 heterocycles. The zero-order valence-corrected chi connectivity index (χ0v) is 12.5. The van der Waals surface area contributed by atoms with Gasteiger partial charge in [-0.25, -0.2) is 0 Å². The highest BCUT2D eigenvalue weighted by Crippen LogP contribution is 2.41. The lowest BCUT2D eigenvalue weighted by molar-refractivity contribution is 0.0973. The Kier molecular flexibility index (Phi) is 3.41. The highest BCUT2D eigenvalue weighted by molar-refractivity contribution is 5.39. The molecule has 0 unspecified atom stereocenters. The van der Waals surface area contributed by atoms with Crippen molar-refractivity contribution in [3.63, 3.8) is 0 Å². The van der Waals surface area contributed by atoms with Gasteiger partial charge in [0.1, 0.15) is 5.82 Å². The summed E-state index contributed by atoms with van der Waals surface area (Å²) in [5.74, 6) is 0.745. The molecule has 1 radical (unpaired) electrons. The maximum Gasteiger partial charge on any atom is 0.265 e. The van der Waals surface area contributed by atoms with E-state index < -0.39 is 0 Å². The molecule has 7 heteroatoms. The van der Waals surface area contributed by atoms with E-state index >= 15 is 0 Å². The summed E-state index contributed by atoms with van der Waals surface area (Å²) < 4.78 is 7.21. The Morgan fingerprint density at radius 1 is 1.43 bits per heavy atom. The molecule has 4 N–H and O–H groups in total. The second-order valence-electron chi connectivity index (χ2n) is 6.18. The molecular weight excluding hydrogens is 270 g/mol. The SMILES string of the molecule is C[C@@H]1OCC2(CCN(c3nc(N)[c]c(=O)n3C)CC2)[C@@H]1N. The molecule has 21 heavy (non-hydrogen) atoms. The van der Waals surface area contributed by atoms with E-state index in [1.54, 1.807) is 7.05 Å². The van der Waals surface area contributed by atoms with Crippen molar-refractivity contribution in [3.05, 3.63) is 16.4 Å². The number of piperidine rings is 1. The molecule has 2 saturated heterocycles. The lowest BCUT2D eigenvalue weighted by Gasteiger charge is -2.41. The predicted octanol–water partition coefficient (Wildman–Crippen LogP) is -0.505. The minimum Gasteiger partial charge on any atom is -0.383 e. The summed E-state index contributed by atoms with van der Waals surface area (Å²) in [6, 6.07) is 2.56. The fourth-order valence-corrected chi connectivity index (χ4v) is 3.40. The summed E-state index contributed by atoms with van der Waals surface area (Å²) in [6.45, 7) is 4.35. The molecule has 7 nitrogen and oxygen atoms in total. The van der Waals surface area contributed by atoms with Crippen LogP contribution in [0.2, 0.25) is 0 Å². The first-order chi connectivity index (χ1) is 9.93. The average molecular weight is 292 g/mol. The highest BCUT2D eigenvalue weighted by atomic mass is 16.5. The number of nitrogens with zero attached hydrogens (tertiary/aromatic N) is 3. The predicted molar refractivity (Wildman–Crippen MR) is 80.0 cm³/mol. The zero-order chi connectivity index (χ0) is 15.2. The van der Waals surface area contributed by atoms with Gasteiger partial charge in [0.15, 0.2) is 0 Å². The Morgan fingerprint density at radius 2 is 2.10 bits per heavy atom. The van der Waals surface area contributed by atoms with Crippen molar-refractivity contribution in [1.29, 1.82) is 0 Å². The summed E-state index contributed by atoms with van der Waals surface area (Å²) >= 11 is 0. The van der Waals surface area contributed by atoms with Gasteiger partial charge in [0.05, 0.1) is 18.8 Å². The fraction of sp³-hybridized carbons (Fsp3) is 0.714. The first-order valence-corrected chi connectivity index (χ1v) is 7.31. The summed E-state index contributed by atoms with van der Waals surface area (Å²) in [6.07, 6.45) is 1.99. The summed E-state index contributed by atoms with van der Waals surface area (Å²) in [5.41, 5.74) is 11.8. The van der Waals surface area contributed by atoms with Crippen LogP contribution in [-0.4, -0.2) is 41.4 Å². The Balaban J connectivity index is 1.79. The van der Waals surface area contributed by atoms with Crippen LogP contribution in [0.5, 0.6) is 0 Å². The summed E-state index contributed by atoms with van der Waals surface area (Å²) in [7, 11) is 1.69. The lowest BCUT2D eigenvalue weighted by atomic mass is 9.73. The van der Waals surface area contributed by atoms with Gasteiger partial charge in [0, 0.05) is 31.6 Å². The van der Waals surface area contributed by atoms with Crippen molar-refractivity contribution in [2.75, 3.05) is 30.3 Å². The van der Waals surface area contributed by atoms with Crippen molar-refractivity contribution in [3.8, 4) is 0 Å². The maximum atomic E-state index is 11.8. The van der Waals surface area contributed by atoms with Crippen molar-refractivity contribution in [1.82, 2.24) is 9.55 Å². The van der Waals surface area contributed by atoms with Gasteiger partial charge in [-0.15, -0.1) is 0 Å². The smallest absolute Gasteiger partial charge is 0.265 e. The maximum absolute atomic E-state index is 11.8. The Hall–Kier alpha value is -1.60. The number of aromatic nitrogens is 2. The van der Waals surface area contributed by atoms with Gasteiger partial charge in [-0.2, -0.15) is 4.98 Å². The summed E-state index contributed by atoms with van der Waals surface area (Å²) in [5, 5.41) is 0. The van der Waals surface area contributed by atoms with E-state index in [9.17, 15) is 4.79 Å². The highest BCUT2D eigenvalue weighted by Gasteiger charge is 2.47. The average Bonchev–Trinajstić information content (AvgIpc) is 2.73. The van der Waals surface area contributed by atoms with Gasteiger partial charge in [-0.1, -0.05) is 0 Å². The molecule has 0 amide bonds. The van der Waals surface area contributed by atoms with E-state index in [0.29, 0.717) is 5.95 Å². The van der Waals surface area contributed by atoms with Crippen LogP contribution in [-0.2, 0) is 11.8 Å². The fourth-order valence-electron chi connectivity index (χ4n) is 3.40. The molecule has 1 aromatic rings. The molecular formula is C14H22N5O2. The molecule has 0 bridgehead atoms. The topological polar surface area (TPSA) is 99.4 Å². The molecule has 2 aliphatic heterocycles. The molecule has 0 aliphatic carbocycles. The molecule has 115 valence electrons. The number of ether oxygens (including phenoxy) is 1. The van der Waals surface area contributed by atoms with Crippen molar-refractivity contribution in [2.24, 2.45) is 18.2 Å². The third kappa shape index (κ3) is 2.30. The van der Waals surface area contributed by atoms with E-state index in [2.05, 4.69) is 16.0 Å². The third-order valence-electron chi connectivity index (χ3n) is 4.95. The van der Waals surface area contributed by atoms with Crippen LogP contribution < -0.4 is 21.9 Å². The molecule has 0 aromatic carbocycles. The van der Waals surface area contributed by atoms with Crippen molar-refractivity contribution in [2.45, 2.75) is 31.9 Å². The molecule has 2 aliphatic rings. The monoisotopic (exact) mass is 292 g/mol. The van der Waals surface area contributed by atoms with E-state index in [-0.39, 0.29) is 28.9 Å². The van der Waals surface area contributed by atoms with Crippen molar-refractivity contribution < 1.29 is 4.74 Å². The second kappa shape index (κ2) is 4.99. The van der Waals surface area contributed by atoms with Gasteiger partial charge in [0.25, 0.3) is 5.56 Å². The van der Waals surface area contributed by atoms with Crippen LogP contribution in [0.15, 0.2) is 4.79 Å². The minimum absolute atomic E-state index is 0.0568. The van der Waals surface area contributed by atoms with Crippen LogP contribution in [0, 0.1) is 11.5 Å². The third-order valence-corrected chi connectivity index (χ3v) is 4.95. The van der Waals surface area contributed by atoms with Crippen LogP contribution >= 0.6 is 0 Å². The number of anilines is 2. The number of nitrogens with two attached hydrogens (primary N) is 2. The van der Waals surface area contributed by atoms with Crippen LogP contribution in [0.4, 0.5) is 11.8 Å². The number of rotatable bonds is 1. The lowest BCUT2D eigenvalue weighted by Crippen LogP contribution is -2.51. The standard InChI is InChI=1S/C14H22N5O2/c1-9-12(16)14(8-21-9)3-5-19(6-4-14)13-17-10(15)7-11(20)18(13)2/h9,12H,3-6,8,15-16H2,1-2H3/t9-,12+/m0/s1. The minimum atomic E-state index is -0.257. The van der Waals surface area contributed by atoms with Gasteiger partial charge in [-0.3, -0.25) is 9.36 Å². The Labute approximate surface area is 123 Å². The van der Waals surface area contributed by atoms with E-state index in [1.807, 2.05) is 6.92 Å². The molecule has 1 spiro atoms. The van der Waals surface area contributed by atoms with Gasteiger partial charge < -0.3 is 21.1 Å². The van der Waals surface area contributed by atoms with E-state index in [1.165, 1.54) is 4.57 Å². The Morgan fingerprint density at radius 3 is 2.67 bits per heavy atom. The quantitative estimate of drug-likeness (QED) is 0.723. The number of hydrogen-bond acceptors (Lipinski definition) is 6. The van der Waals surface area contributed by atoms with Crippen LogP contribution in [0.25, 0.3) is 0 Å². The molecule has 0 saturated carbocycles. The molecule has 2 atom stereocenters. The molecule has 1 aromatic heterocycles. The van der Waals surface area contributed by atoms with E-state index in [0.717, 1.165) is 32.5 Å². The first kappa shape index (κ1) is 14.3. The van der Waals surface area contributed by atoms with Crippen molar-refractivity contribution >= 4 is 11.8 Å². The zero-order valence-electron chi connectivity index (χ0n) is 12.5. The van der Waals surface area contributed by atoms with Gasteiger partial charge in [0.2, 0.25) is 5.95 Å². The van der Waals surface area contributed by atoms with Gasteiger partial charge >= 0.3 is 0 Å². The van der Waals surface area contributed by atoms with E-state index in [4.69, 9.17) is 16.2 Å². The van der Waals surface area contributed by atoms with Crippen LogP contribution in [0.3, 0.4) is 0 Å². The van der Waals surface area contributed by atoms with Crippen LogP contribution in [0.1, 0.15) is 19.8 Å². The number of nitrogen functional groups attached to an aromatic ring is 1.